The number of pyridine rings is 1. The highest BCUT2D eigenvalue weighted by molar-refractivity contribution is 5.37. The second-order valence-electron chi connectivity index (χ2n) is 2.81. The first kappa shape index (κ1) is 7.24. The van der Waals surface area contributed by atoms with Gasteiger partial charge in [0.15, 0.2) is 5.65 Å². The topological polar surface area (TPSA) is 56.2 Å². The fraction of sp³-hybridized carbons (Fsp3) is 0.250. The van der Waals surface area contributed by atoms with E-state index in [9.17, 15) is 0 Å². The Kier molecular flexibility index (Phi) is 1.55. The Morgan fingerprint density at radius 2 is 2.33 bits per heavy atom. The third kappa shape index (κ3) is 1.06. The molecule has 0 saturated heterocycles. The molecule has 1 atom stereocenters. The third-order valence-corrected chi connectivity index (χ3v) is 1.82. The maximum Gasteiger partial charge on any atom is 0.155 e. The highest BCUT2D eigenvalue weighted by atomic mass is 15.3. The molecule has 12 heavy (non-hydrogen) atoms. The van der Waals surface area contributed by atoms with Gasteiger partial charge in [0.2, 0.25) is 0 Å². The van der Waals surface area contributed by atoms with Crippen LogP contribution in [0, 0.1) is 0 Å². The first-order valence-electron chi connectivity index (χ1n) is 3.82. The predicted molar refractivity (Wildman–Crippen MR) is 45.6 cm³/mol. The van der Waals surface area contributed by atoms with Crippen molar-refractivity contribution in [3.8, 4) is 0 Å². The summed E-state index contributed by atoms with van der Waals surface area (Å²) < 4.78 is 1.72. The average molecular weight is 162 g/mol. The maximum atomic E-state index is 5.71. The van der Waals surface area contributed by atoms with Crippen LogP contribution in [0.15, 0.2) is 24.7 Å². The van der Waals surface area contributed by atoms with Gasteiger partial charge in [0.1, 0.15) is 6.33 Å². The SMILES string of the molecule is CC(N)c1ccc2ncnn2c1. The van der Waals surface area contributed by atoms with Gasteiger partial charge in [-0.25, -0.2) is 9.50 Å². The van der Waals surface area contributed by atoms with Gasteiger partial charge in [0, 0.05) is 12.2 Å². The number of hydrogen-bond donors (Lipinski definition) is 1. The summed E-state index contributed by atoms with van der Waals surface area (Å²) in [6.45, 7) is 1.94. The lowest BCUT2D eigenvalue weighted by molar-refractivity contribution is 0.797. The number of aromatic nitrogens is 3. The van der Waals surface area contributed by atoms with Crippen molar-refractivity contribution in [1.82, 2.24) is 14.6 Å². The van der Waals surface area contributed by atoms with Crippen molar-refractivity contribution in [2.45, 2.75) is 13.0 Å². The van der Waals surface area contributed by atoms with Gasteiger partial charge in [-0.15, -0.1) is 0 Å². The molecule has 0 aliphatic carbocycles. The van der Waals surface area contributed by atoms with Crippen molar-refractivity contribution in [2.75, 3.05) is 0 Å². The summed E-state index contributed by atoms with van der Waals surface area (Å²) in [4.78, 5) is 4.03. The number of fused-ring (bicyclic) bond motifs is 1. The van der Waals surface area contributed by atoms with Crippen molar-refractivity contribution in [3.63, 3.8) is 0 Å². The molecule has 62 valence electrons. The molecular weight excluding hydrogens is 152 g/mol. The zero-order chi connectivity index (χ0) is 8.55. The standard InChI is InChI=1S/C8H10N4/c1-6(9)7-2-3-8-10-5-11-12(8)4-7/h2-6H,9H2,1H3. The summed E-state index contributed by atoms with van der Waals surface area (Å²) >= 11 is 0. The van der Waals surface area contributed by atoms with E-state index >= 15 is 0 Å². The molecule has 0 saturated carbocycles. The second kappa shape index (κ2) is 2.57. The lowest BCUT2D eigenvalue weighted by atomic mass is 10.2. The van der Waals surface area contributed by atoms with Gasteiger partial charge in [0.25, 0.3) is 0 Å². The number of hydrogen-bond acceptors (Lipinski definition) is 3. The van der Waals surface area contributed by atoms with Crippen LogP contribution < -0.4 is 5.73 Å². The van der Waals surface area contributed by atoms with Crippen LogP contribution in [0.25, 0.3) is 5.65 Å². The van der Waals surface area contributed by atoms with E-state index in [4.69, 9.17) is 5.73 Å². The van der Waals surface area contributed by atoms with Crippen LogP contribution in [-0.4, -0.2) is 14.6 Å². The van der Waals surface area contributed by atoms with E-state index in [1.807, 2.05) is 25.3 Å². The van der Waals surface area contributed by atoms with Crippen molar-refractivity contribution in [2.24, 2.45) is 5.73 Å². The summed E-state index contributed by atoms with van der Waals surface area (Å²) in [5.41, 5.74) is 7.62. The van der Waals surface area contributed by atoms with Gasteiger partial charge in [-0.05, 0) is 18.6 Å². The van der Waals surface area contributed by atoms with Crippen molar-refractivity contribution in [3.05, 3.63) is 30.2 Å². The lowest BCUT2D eigenvalue weighted by Gasteiger charge is -2.04. The molecule has 0 spiro atoms. The largest absolute Gasteiger partial charge is 0.324 e. The molecule has 1 unspecified atom stereocenters. The Hall–Kier alpha value is -1.42. The minimum Gasteiger partial charge on any atom is -0.324 e. The number of rotatable bonds is 1. The molecule has 0 radical (unpaired) electrons. The Balaban J connectivity index is 2.60. The van der Waals surface area contributed by atoms with E-state index < -0.39 is 0 Å². The molecule has 4 nitrogen and oxygen atoms in total. The molecule has 2 heterocycles. The molecule has 0 bridgehead atoms. The molecule has 4 heteroatoms. The van der Waals surface area contributed by atoms with E-state index in [1.165, 1.54) is 6.33 Å². The maximum absolute atomic E-state index is 5.71. The van der Waals surface area contributed by atoms with Crippen molar-refractivity contribution in [1.29, 1.82) is 0 Å². The highest BCUT2D eigenvalue weighted by Crippen LogP contribution is 2.09. The van der Waals surface area contributed by atoms with Gasteiger partial charge < -0.3 is 5.73 Å². The second-order valence-corrected chi connectivity index (χ2v) is 2.81. The third-order valence-electron chi connectivity index (χ3n) is 1.82. The average Bonchev–Trinajstić information content (AvgIpc) is 2.49. The Morgan fingerprint density at radius 3 is 3.08 bits per heavy atom. The van der Waals surface area contributed by atoms with Crippen molar-refractivity contribution >= 4 is 5.65 Å². The van der Waals surface area contributed by atoms with E-state index in [0.29, 0.717) is 0 Å². The molecule has 0 aromatic carbocycles. The zero-order valence-electron chi connectivity index (χ0n) is 6.81. The molecule has 0 aliphatic rings. The molecular formula is C8H10N4. The van der Waals surface area contributed by atoms with Gasteiger partial charge in [-0.2, -0.15) is 5.10 Å². The molecule has 2 aromatic rings. The number of nitrogens with two attached hydrogens (primary N) is 1. The first-order chi connectivity index (χ1) is 5.77. The lowest BCUT2D eigenvalue weighted by Crippen LogP contribution is -2.06. The van der Waals surface area contributed by atoms with Crippen LogP contribution in [0.4, 0.5) is 0 Å². The highest BCUT2D eigenvalue weighted by Gasteiger charge is 2.00. The van der Waals surface area contributed by atoms with Crippen LogP contribution in [0.3, 0.4) is 0 Å². The van der Waals surface area contributed by atoms with Crippen LogP contribution in [0.2, 0.25) is 0 Å². The minimum absolute atomic E-state index is 0.0404. The molecule has 0 fully saturated rings. The molecule has 0 aliphatic heterocycles. The van der Waals surface area contributed by atoms with E-state index in [-0.39, 0.29) is 6.04 Å². The zero-order valence-corrected chi connectivity index (χ0v) is 6.81. The fourth-order valence-corrected chi connectivity index (χ4v) is 1.10. The molecule has 2 N–H and O–H groups in total. The predicted octanol–water partition coefficient (Wildman–Crippen LogP) is 0.749. The van der Waals surface area contributed by atoms with Crippen LogP contribution in [0.5, 0.6) is 0 Å². The first-order valence-corrected chi connectivity index (χ1v) is 3.82. The fourth-order valence-electron chi connectivity index (χ4n) is 1.10. The Bertz CT molecular complexity index is 391. The monoisotopic (exact) mass is 162 g/mol. The summed E-state index contributed by atoms with van der Waals surface area (Å²) in [5, 5.41) is 4.01. The Morgan fingerprint density at radius 1 is 1.50 bits per heavy atom. The summed E-state index contributed by atoms with van der Waals surface area (Å²) in [7, 11) is 0. The minimum atomic E-state index is 0.0404. The van der Waals surface area contributed by atoms with Crippen LogP contribution in [0.1, 0.15) is 18.5 Å². The van der Waals surface area contributed by atoms with Gasteiger partial charge in [-0.3, -0.25) is 0 Å². The van der Waals surface area contributed by atoms with E-state index in [0.717, 1.165) is 11.2 Å². The van der Waals surface area contributed by atoms with E-state index in [2.05, 4.69) is 10.1 Å². The van der Waals surface area contributed by atoms with Crippen LogP contribution in [-0.2, 0) is 0 Å². The smallest absolute Gasteiger partial charge is 0.155 e. The Labute approximate surface area is 70.0 Å². The normalized spacial score (nSPS) is 13.5. The number of nitrogens with zero attached hydrogens (tertiary/aromatic N) is 3. The molecule has 2 aromatic heterocycles. The van der Waals surface area contributed by atoms with Crippen LogP contribution >= 0.6 is 0 Å². The van der Waals surface area contributed by atoms with Crippen molar-refractivity contribution < 1.29 is 0 Å². The summed E-state index contributed by atoms with van der Waals surface area (Å²) in [5.74, 6) is 0. The summed E-state index contributed by atoms with van der Waals surface area (Å²) in [6.07, 6.45) is 3.42. The van der Waals surface area contributed by atoms with Gasteiger partial charge in [-0.1, -0.05) is 6.07 Å². The summed E-state index contributed by atoms with van der Waals surface area (Å²) in [6, 6.07) is 3.92. The quantitative estimate of drug-likeness (QED) is 0.673. The molecule has 0 amide bonds. The molecule has 2 rings (SSSR count). The van der Waals surface area contributed by atoms with Gasteiger partial charge in [0.05, 0.1) is 0 Å². The van der Waals surface area contributed by atoms with Gasteiger partial charge >= 0.3 is 0 Å². The van der Waals surface area contributed by atoms with E-state index in [1.54, 1.807) is 4.52 Å².